The van der Waals surface area contributed by atoms with Crippen molar-refractivity contribution >= 4 is 11.9 Å². The number of aliphatic carboxylic acids is 2. The molecule has 0 aromatic heterocycles. The van der Waals surface area contributed by atoms with E-state index in [2.05, 4.69) is 0 Å². The summed E-state index contributed by atoms with van der Waals surface area (Å²) in [7, 11) is 0. The minimum atomic E-state index is -2.37. The van der Waals surface area contributed by atoms with Gasteiger partial charge in [0.05, 0.1) is 0 Å². The topological polar surface area (TPSA) is 93.1 Å². The number of rotatable bonds is 2. The minimum Gasteiger partial charge on any atom is -0.484 e. The summed E-state index contributed by atoms with van der Waals surface area (Å²) in [6.45, 7) is -0.561. The summed E-state index contributed by atoms with van der Waals surface area (Å²) in [6.07, 6.45) is 0. The van der Waals surface area contributed by atoms with Crippen molar-refractivity contribution in [1.29, 1.82) is 0 Å². The van der Waals surface area contributed by atoms with Gasteiger partial charge in [0.2, 0.25) is 0 Å². The van der Waals surface area contributed by atoms with E-state index in [4.69, 9.17) is 19.7 Å². The smallest absolute Gasteiger partial charge is 0.363 e. The summed E-state index contributed by atoms with van der Waals surface area (Å²) >= 11 is 0. The maximum atomic E-state index is 10.9. The molecule has 0 fully saturated rings. The largest absolute Gasteiger partial charge is 0.484 e. The average Bonchev–Trinajstić information content (AvgIpc) is 2.27. The number of fused-ring (bicyclic) bond motifs is 1. The second-order valence-electron chi connectivity index (χ2n) is 3.27. The van der Waals surface area contributed by atoms with Gasteiger partial charge < -0.3 is 19.7 Å². The van der Waals surface area contributed by atoms with Crippen molar-refractivity contribution in [2.45, 2.75) is 5.60 Å². The first kappa shape index (κ1) is 10.3. The fraction of sp³-hybridized carbons (Fsp3) is 0.200. The third-order valence-corrected chi connectivity index (χ3v) is 2.26. The lowest BCUT2D eigenvalue weighted by Crippen LogP contribution is -2.57. The van der Waals surface area contributed by atoms with Gasteiger partial charge in [-0.1, -0.05) is 12.1 Å². The Morgan fingerprint density at radius 2 is 1.69 bits per heavy atom. The Kier molecular flexibility index (Phi) is 2.19. The Balaban J connectivity index is 2.43. The summed E-state index contributed by atoms with van der Waals surface area (Å²) in [4.78, 5) is 21.9. The van der Waals surface area contributed by atoms with Crippen molar-refractivity contribution < 1.29 is 29.3 Å². The summed E-state index contributed by atoms with van der Waals surface area (Å²) < 4.78 is 10.1. The maximum absolute atomic E-state index is 10.9. The first-order valence-corrected chi connectivity index (χ1v) is 4.44. The molecule has 16 heavy (non-hydrogen) atoms. The molecule has 0 bridgehead atoms. The Morgan fingerprint density at radius 3 is 2.25 bits per heavy atom. The second-order valence-corrected chi connectivity index (χ2v) is 3.27. The van der Waals surface area contributed by atoms with Gasteiger partial charge in [-0.3, -0.25) is 0 Å². The highest BCUT2D eigenvalue weighted by molar-refractivity contribution is 6.02. The fourth-order valence-electron chi connectivity index (χ4n) is 1.35. The monoisotopic (exact) mass is 224 g/mol. The zero-order valence-electron chi connectivity index (χ0n) is 8.04. The van der Waals surface area contributed by atoms with Gasteiger partial charge in [-0.05, 0) is 12.1 Å². The van der Waals surface area contributed by atoms with E-state index >= 15 is 0 Å². The van der Waals surface area contributed by atoms with Crippen molar-refractivity contribution in [2.24, 2.45) is 0 Å². The molecule has 1 heterocycles. The molecule has 2 rings (SSSR count). The summed E-state index contributed by atoms with van der Waals surface area (Å²) in [6, 6.07) is 6.30. The molecular weight excluding hydrogens is 216 g/mol. The van der Waals surface area contributed by atoms with E-state index in [1.807, 2.05) is 0 Å². The van der Waals surface area contributed by atoms with Crippen molar-refractivity contribution in [3.63, 3.8) is 0 Å². The van der Waals surface area contributed by atoms with Gasteiger partial charge in [-0.25, -0.2) is 9.59 Å². The maximum Gasteiger partial charge on any atom is 0.363 e. The first-order valence-electron chi connectivity index (χ1n) is 4.44. The van der Waals surface area contributed by atoms with Crippen molar-refractivity contribution in [3.05, 3.63) is 24.3 Å². The van der Waals surface area contributed by atoms with Gasteiger partial charge in [0.1, 0.15) is 0 Å². The first-order chi connectivity index (χ1) is 7.56. The molecule has 0 saturated carbocycles. The van der Waals surface area contributed by atoms with Gasteiger partial charge >= 0.3 is 17.5 Å². The van der Waals surface area contributed by atoms with Crippen LogP contribution in [0.25, 0.3) is 0 Å². The molecule has 1 aliphatic heterocycles. The third kappa shape index (κ3) is 1.35. The number of para-hydroxylation sites is 2. The number of ether oxygens (including phenoxy) is 2. The molecule has 2 N–H and O–H groups in total. The third-order valence-electron chi connectivity index (χ3n) is 2.26. The molecule has 1 aromatic carbocycles. The van der Waals surface area contributed by atoms with Crippen molar-refractivity contribution in [2.75, 3.05) is 6.61 Å². The van der Waals surface area contributed by atoms with Crippen molar-refractivity contribution in [3.8, 4) is 11.5 Å². The van der Waals surface area contributed by atoms with Crippen LogP contribution in [0.15, 0.2) is 24.3 Å². The lowest BCUT2D eigenvalue weighted by Gasteiger charge is -2.31. The lowest BCUT2D eigenvalue weighted by molar-refractivity contribution is -0.177. The molecule has 0 saturated heterocycles. The molecule has 0 aliphatic carbocycles. The molecule has 0 amide bonds. The highest BCUT2D eigenvalue weighted by Crippen LogP contribution is 2.35. The fourth-order valence-corrected chi connectivity index (χ4v) is 1.35. The van der Waals surface area contributed by atoms with Crippen LogP contribution in [0.2, 0.25) is 0 Å². The highest BCUT2D eigenvalue weighted by Gasteiger charge is 2.53. The number of carboxylic acid groups (broad SMARTS) is 2. The Bertz CT molecular complexity index is 438. The van der Waals surface area contributed by atoms with Crippen molar-refractivity contribution in [1.82, 2.24) is 0 Å². The predicted octanol–water partition coefficient (Wildman–Crippen LogP) is 0.366. The number of benzene rings is 1. The standard InChI is InChI=1S/C10H8O6/c11-8(12)10(9(13)14)5-15-6-3-1-2-4-7(6)16-10/h1-4H,5H2,(H,11,12)(H,13,14). The molecule has 1 aromatic rings. The Morgan fingerprint density at radius 1 is 1.12 bits per heavy atom. The summed E-state index contributed by atoms with van der Waals surface area (Å²) in [5, 5.41) is 17.8. The molecule has 1 aliphatic rings. The normalized spacial score (nSPS) is 16.5. The highest BCUT2D eigenvalue weighted by atomic mass is 16.6. The molecular formula is C10H8O6. The van der Waals surface area contributed by atoms with Gasteiger partial charge in [-0.15, -0.1) is 0 Å². The summed E-state index contributed by atoms with van der Waals surface area (Å²) in [5.41, 5.74) is -2.37. The number of carboxylic acids is 2. The van der Waals surface area contributed by atoms with E-state index < -0.39 is 24.1 Å². The van der Waals surface area contributed by atoms with E-state index in [0.29, 0.717) is 5.75 Å². The van der Waals surface area contributed by atoms with Crippen LogP contribution in [-0.4, -0.2) is 34.4 Å². The minimum absolute atomic E-state index is 0.110. The van der Waals surface area contributed by atoms with Gasteiger partial charge in [0.15, 0.2) is 18.1 Å². The van der Waals surface area contributed by atoms with Crippen LogP contribution in [0, 0.1) is 0 Å². The van der Waals surface area contributed by atoms with E-state index in [0.717, 1.165) is 0 Å². The Labute approximate surface area is 90.0 Å². The molecule has 0 spiro atoms. The number of hydrogen-bond acceptors (Lipinski definition) is 4. The van der Waals surface area contributed by atoms with Gasteiger partial charge in [-0.2, -0.15) is 0 Å². The van der Waals surface area contributed by atoms with Crippen LogP contribution in [0.3, 0.4) is 0 Å². The van der Waals surface area contributed by atoms with E-state index in [9.17, 15) is 9.59 Å². The van der Waals surface area contributed by atoms with E-state index in [1.54, 1.807) is 18.2 Å². The average molecular weight is 224 g/mol. The van der Waals surface area contributed by atoms with Crippen LogP contribution in [0.5, 0.6) is 11.5 Å². The molecule has 0 unspecified atom stereocenters. The molecule has 0 radical (unpaired) electrons. The molecule has 84 valence electrons. The van der Waals surface area contributed by atoms with Gasteiger partial charge in [0.25, 0.3) is 0 Å². The van der Waals surface area contributed by atoms with Crippen LogP contribution in [-0.2, 0) is 9.59 Å². The quantitative estimate of drug-likeness (QED) is 0.705. The SMILES string of the molecule is O=C(O)C1(C(=O)O)COc2ccccc2O1. The van der Waals surface area contributed by atoms with Crippen LogP contribution < -0.4 is 9.47 Å². The van der Waals surface area contributed by atoms with E-state index in [1.165, 1.54) is 6.07 Å². The van der Waals surface area contributed by atoms with Crippen LogP contribution >= 0.6 is 0 Å². The molecule has 6 heteroatoms. The van der Waals surface area contributed by atoms with Gasteiger partial charge in [0, 0.05) is 0 Å². The van der Waals surface area contributed by atoms with Crippen LogP contribution in [0.4, 0.5) is 0 Å². The second kappa shape index (κ2) is 3.41. The zero-order chi connectivity index (χ0) is 11.8. The van der Waals surface area contributed by atoms with Crippen LogP contribution in [0.1, 0.15) is 0 Å². The molecule has 6 nitrogen and oxygen atoms in total. The lowest BCUT2D eigenvalue weighted by atomic mass is 10.0. The van der Waals surface area contributed by atoms with E-state index in [-0.39, 0.29) is 5.75 Å². The molecule has 0 atom stereocenters. The Hall–Kier alpha value is -2.24. The predicted molar refractivity (Wildman–Crippen MR) is 50.6 cm³/mol. The number of hydrogen-bond donors (Lipinski definition) is 2. The zero-order valence-corrected chi connectivity index (χ0v) is 8.04. The number of carbonyl (C=O) groups is 2. The summed E-state index contributed by atoms with van der Waals surface area (Å²) in [5.74, 6) is -2.73.